The first-order valence-electron chi connectivity index (χ1n) is 5.76. The van der Waals surface area contributed by atoms with E-state index in [1.54, 1.807) is 23.8 Å². The van der Waals surface area contributed by atoms with E-state index in [1.807, 2.05) is 6.92 Å². The lowest BCUT2D eigenvalue weighted by molar-refractivity contribution is 0.0951. The van der Waals surface area contributed by atoms with E-state index in [0.717, 1.165) is 11.4 Å². The Balaban J connectivity index is 2.05. The van der Waals surface area contributed by atoms with Crippen LogP contribution in [0.1, 0.15) is 22.2 Å². The number of pyridine rings is 1. The van der Waals surface area contributed by atoms with Gasteiger partial charge in [0, 0.05) is 23.2 Å². The Bertz CT molecular complexity index is 559. The van der Waals surface area contributed by atoms with Crippen LogP contribution in [0.15, 0.2) is 23.8 Å². The highest BCUT2D eigenvalue weighted by atomic mass is 35.5. The average Bonchev–Trinajstić information content (AvgIpc) is 2.88. The zero-order chi connectivity index (χ0) is 13.7. The summed E-state index contributed by atoms with van der Waals surface area (Å²) in [5, 5.41) is 6.14. The monoisotopic (exact) mass is 296 g/mol. The van der Waals surface area contributed by atoms with Crippen LogP contribution in [-0.2, 0) is 6.54 Å². The molecule has 0 radical (unpaired) electrons. The highest BCUT2D eigenvalue weighted by molar-refractivity contribution is 7.09. The Kier molecular flexibility index (Phi) is 4.70. The first-order valence-corrected chi connectivity index (χ1v) is 7.02. The van der Waals surface area contributed by atoms with Crippen LogP contribution in [0.5, 0.6) is 0 Å². The minimum absolute atomic E-state index is 0.183. The molecule has 0 saturated carbocycles. The molecule has 0 fully saturated rings. The topological polar surface area (TPSA) is 66.9 Å². The van der Waals surface area contributed by atoms with E-state index in [9.17, 15) is 4.79 Å². The van der Waals surface area contributed by atoms with Crippen molar-refractivity contribution in [3.63, 3.8) is 0 Å². The molecule has 0 atom stereocenters. The molecular weight excluding hydrogens is 284 g/mol. The Labute approximate surface area is 120 Å². The molecular formula is C12H13ClN4OS. The zero-order valence-corrected chi connectivity index (χ0v) is 11.9. The van der Waals surface area contributed by atoms with Gasteiger partial charge in [0.1, 0.15) is 11.0 Å². The first kappa shape index (κ1) is 13.8. The molecule has 2 aromatic heterocycles. The molecule has 2 aromatic rings. The van der Waals surface area contributed by atoms with Gasteiger partial charge in [-0.1, -0.05) is 11.6 Å². The van der Waals surface area contributed by atoms with Gasteiger partial charge in [0.2, 0.25) is 0 Å². The number of thiazole rings is 1. The van der Waals surface area contributed by atoms with Gasteiger partial charge in [0.25, 0.3) is 5.91 Å². The molecule has 0 aliphatic heterocycles. The standard InChI is InChI=1S/C12H13ClN4OS/c1-2-15-11-4-8(3-10(13)17-11)12(18)16-6-9-5-14-7-19-9/h3-5,7H,2,6H2,1H3,(H,15,17)(H,16,18). The van der Waals surface area contributed by atoms with Gasteiger partial charge in [-0.3, -0.25) is 9.78 Å². The maximum absolute atomic E-state index is 12.0. The highest BCUT2D eigenvalue weighted by Gasteiger charge is 2.09. The predicted molar refractivity (Wildman–Crippen MR) is 76.7 cm³/mol. The fraction of sp³-hybridized carbons (Fsp3) is 0.250. The predicted octanol–water partition coefficient (Wildman–Crippen LogP) is 2.55. The molecule has 19 heavy (non-hydrogen) atoms. The summed E-state index contributed by atoms with van der Waals surface area (Å²) < 4.78 is 0. The fourth-order valence-electron chi connectivity index (χ4n) is 1.50. The van der Waals surface area contributed by atoms with Crippen molar-refractivity contribution in [1.82, 2.24) is 15.3 Å². The van der Waals surface area contributed by atoms with E-state index >= 15 is 0 Å². The molecule has 0 spiro atoms. The molecule has 0 bridgehead atoms. The number of aromatic nitrogens is 2. The molecule has 0 aliphatic rings. The number of rotatable bonds is 5. The molecule has 0 aliphatic carbocycles. The van der Waals surface area contributed by atoms with Crippen molar-refractivity contribution in [2.45, 2.75) is 13.5 Å². The minimum atomic E-state index is -0.183. The van der Waals surface area contributed by atoms with Gasteiger partial charge in [-0.25, -0.2) is 4.98 Å². The quantitative estimate of drug-likeness (QED) is 0.832. The first-order chi connectivity index (χ1) is 9.19. The van der Waals surface area contributed by atoms with Gasteiger partial charge >= 0.3 is 0 Å². The van der Waals surface area contributed by atoms with Crippen LogP contribution >= 0.6 is 22.9 Å². The van der Waals surface area contributed by atoms with E-state index in [1.165, 1.54) is 11.3 Å². The lowest BCUT2D eigenvalue weighted by atomic mass is 10.2. The molecule has 1 amide bonds. The van der Waals surface area contributed by atoms with Crippen LogP contribution in [0.4, 0.5) is 5.82 Å². The normalized spacial score (nSPS) is 10.2. The SMILES string of the molecule is CCNc1cc(C(=O)NCc2cncs2)cc(Cl)n1. The summed E-state index contributed by atoms with van der Waals surface area (Å²) in [5.74, 6) is 0.412. The van der Waals surface area contributed by atoms with Crippen LogP contribution in [0, 0.1) is 0 Å². The Morgan fingerprint density at radius 3 is 3.00 bits per heavy atom. The fourth-order valence-corrected chi connectivity index (χ4v) is 2.24. The maximum atomic E-state index is 12.0. The second kappa shape index (κ2) is 6.49. The second-order valence-electron chi connectivity index (χ2n) is 3.74. The summed E-state index contributed by atoms with van der Waals surface area (Å²) >= 11 is 7.39. The second-order valence-corrected chi connectivity index (χ2v) is 5.10. The summed E-state index contributed by atoms with van der Waals surface area (Å²) in [7, 11) is 0. The number of carbonyl (C=O) groups is 1. The van der Waals surface area contributed by atoms with Crippen molar-refractivity contribution in [2.75, 3.05) is 11.9 Å². The highest BCUT2D eigenvalue weighted by Crippen LogP contribution is 2.15. The van der Waals surface area contributed by atoms with Crippen LogP contribution < -0.4 is 10.6 Å². The average molecular weight is 297 g/mol. The lowest BCUT2D eigenvalue weighted by Gasteiger charge is -2.07. The van der Waals surface area contributed by atoms with Gasteiger partial charge in [-0.05, 0) is 19.1 Å². The molecule has 2 N–H and O–H groups in total. The third kappa shape index (κ3) is 3.90. The lowest BCUT2D eigenvalue weighted by Crippen LogP contribution is -2.22. The van der Waals surface area contributed by atoms with Crippen molar-refractivity contribution in [1.29, 1.82) is 0 Å². The number of hydrogen-bond donors (Lipinski definition) is 2. The number of nitrogens with zero attached hydrogens (tertiary/aromatic N) is 2. The smallest absolute Gasteiger partial charge is 0.251 e. The molecule has 0 saturated heterocycles. The van der Waals surface area contributed by atoms with Gasteiger partial charge in [0.05, 0.1) is 12.1 Å². The number of nitrogens with one attached hydrogen (secondary N) is 2. The molecule has 7 heteroatoms. The summed E-state index contributed by atoms with van der Waals surface area (Å²) in [6, 6.07) is 3.22. The van der Waals surface area contributed by atoms with Gasteiger partial charge in [-0.15, -0.1) is 11.3 Å². The number of anilines is 1. The van der Waals surface area contributed by atoms with Gasteiger partial charge in [0.15, 0.2) is 0 Å². The Hall–Kier alpha value is -1.66. The molecule has 5 nitrogen and oxygen atoms in total. The van der Waals surface area contributed by atoms with E-state index in [0.29, 0.717) is 23.1 Å². The van der Waals surface area contributed by atoms with Crippen molar-refractivity contribution >= 4 is 34.7 Å². The van der Waals surface area contributed by atoms with Crippen molar-refractivity contribution < 1.29 is 4.79 Å². The minimum Gasteiger partial charge on any atom is -0.370 e. The van der Waals surface area contributed by atoms with Crippen molar-refractivity contribution in [3.8, 4) is 0 Å². The number of carbonyl (C=O) groups excluding carboxylic acids is 1. The zero-order valence-electron chi connectivity index (χ0n) is 10.3. The van der Waals surface area contributed by atoms with E-state index in [-0.39, 0.29) is 5.91 Å². The van der Waals surface area contributed by atoms with E-state index < -0.39 is 0 Å². The molecule has 100 valence electrons. The summed E-state index contributed by atoms with van der Waals surface area (Å²) in [6.07, 6.45) is 1.73. The maximum Gasteiger partial charge on any atom is 0.251 e. The molecule has 2 heterocycles. The van der Waals surface area contributed by atoms with Gasteiger partial charge < -0.3 is 10.6 Å². The number of hydrogen-bond acceptors (Lipinski definition) is 5. The van der Waals surface area contributed by atoms with Crippen LogP contribution in [0.25, 0.3) is 0 Å². The number of halogens is 1. The third-order valence-electron chi connectivity index (χ3n) is 2.32. The largest absolute Gasteiger partial charge is 0.370 e. The Morgan fingerprint density at radius 2 is 2.32 bits per heavy atom. The summed E-state index contributed by atoms with van der Waals surface area (Å²) in [5.41, 5.74) is 2.22. The van der Waals surface area contributed by atoms with Crippen molar-refractivity contribution in [3.05, 3.63) is 39.4 Å². The van der Waals surface area contributed by atoms with Crippen LogP contribution in [0.2, 0.25) is 5.15 Å². The molecule has 0 aromatic carbocycles. The third-order valence-corrected chi connectivity index (χ3v) is 3.29. The summed E-state index contributed by atoms with van der Waals surface area (Å²) in [4.78, 5) is 21.0. The number of amides is 1. The summed E-state index contributed by atoms with van der Waals surface area (Å²) in [6.45, 7) is 3.13. The van der Waals surface area contributed by atoms with Gasteiger partial charge in [-0.2, -0.15) is 0 Å². The Morgan fingerprint density at radius 1 is 1.47 bits per heavy atom. The van der Waals surface area contributed by atoms with Crippen LogP contribution in [0.3, 0.4) is 0 Å². The van der Waals surface area contributed by atoms with E-state index in [4.69, 9.17) is 11.6 Å². The van der Waals surface area contributed by atoms with Crippen LogP contribution in [-0.4, -0.2) is 22.4 Å². The molecule has 2 rings (SSSR count). The van der Waals surface area contributed by atoms with E-state index in [2.05, 4.69) is 20.6 Å². The molecule has 0 unspecified atom stereocenters. The van der Waals surface area contributed by atoms with Crippen molar-refractivity contribution in [2.24, 2.45) is 0 Å².